The zero-order chi connectivity index (χ0) is 16.2. The lowest BCUT2D eigenvalue weighted by Crippen LogP contribution is -2.35. The van der Waals surface area contributed by atoms with E-state index in [9.17, 15) is 0 Å². The van der Waals surface area contributed by atoms with Gasteiger partial charge in [-0.15, -0.1) is 0 Å². The van der Waals surface area contributed by atoms with Crippen LogP contribution in [0.1, 0.15) is 32.6 Å². The van der Waals surface area contributed by atoms with Crippen LogP contribution in [0.4, 0.5) is 0 Å². The SMILES string of the molecule is C=N/C(NCC1CCNCC1)=C(N)\C(N)=N/COCCCC. The number of aliphatic imine (C=N–C) groups is 2. The summed E-state index contributed by atoms with van der Waals surface area (Å²) in [6.45, 7) is 9.47. The smallest absolute Gasteiger partial charge is 0.152 e. The number of amidine groups is 1. The van der Waals surface area contributed by atoms with Crippen molar-refractivity contribution in [2.75, 3.05) is 33.0 Å². The number of nitrogens with two attached hydrogens (primary N) is 2. The molecule has 0 spiro atoms. The van der Waals surface area contributed by atoms with Gasteiger partial charge in [-0.2, -0.15) is 0 Å². The first-order chi connectivity index (χ1) is 10.7. The molecule has 1 aliphatic heterocycles. The molecule has 0 atom stereocenters. The Kier molecular flexibility index (Phi) is 9.25. The average Bonchev–Trinajstić information content (AvgIpc) is 2.55. The first-order valence-corrected chi connectivity index (χ1v) is 7.98. The van der Waals surface area contributed by atoms with Crippen molar-refractivity contribution < 1.29 is 4.74 Å². The summed E-state index contributed by atoms with van der Waals surface area (Å²) in [6.07, 6.45) is 4.39. The maximum Gasteiger partial charge on any atom is 0.152 e. The van der Waals surface area contributed by atoms with Crippen molar-refractivity contribution in [1.29, 1.82) is 0 Å². The summed E-state index contributed by atoms with van der Waals surface area (Å²) in [5.41, 5.74) is 12.2. The predicted molar refractivity (Wildman–Crippen MR) is 91.7 cm³/mol. The molecule has 0 unspecified atom stereocenters. The second kappa shape index (κ2) is 11.0. The highest BCUT2D eigenvalue weighted by molar-refractivity contribution is 5.96. The summed E-state index contributed by atoms with van der Waals surface area (Å²) in [5, 5.41) is 6.57. The molecule has 22 heavy (non-hydrogen) atoms. The van der Waals surface area contributed by atoms with E-state index in [-0.39, 0.29) is 12.6 Å². The molecule has 0 bridgehead atoms. The molecule has 1 fully saturated rings. The van der Waals surface area contributed by atoms with Gasteiger partial charge < -0.3 is 26.8 Å². The van der Waals surface area contributed by atoms with E-state index in [2.05, 4.69) is 34.3 Å². The number of ether oxygens (including phenoxy) is 1. The maximum absolute atomic E-state index is 5.99. The van der Waals surface area contributed by atoms with Crippen molar-refractivity contribution in [3.63, 3.8) is 0 Å². The number of piperidine rings is 1. The third-order valence-corrected chi connectivity index (χ3v) is 3.67. The Hall–Kier alpha value is -1.60. The molecule has 7 heteroatoms. The monoisotopic (exact) mass is 310 g/mol. The van der Waals surface area contributed by atoms with Gasteiger partial charge in [0.25, 0.3) is 0 Å². The highest BCUT2D eigenvalue weighted by Gasteiger charge is 2.14. The molecule has 1 rings (SSSR count). The molecule has 0 aromatic heterocycles. The molecule has 126 valence electrons. The van der Waals surface area contributed by atoms with Crippen LogP contribution in [0.2, 0.25) is 0 Å². The normalized spacial score (nSPS) is 18.0. The van der Waals surface area contributed by atoms with Gasteiger partial charge in [0.05, 0.1) is 0 Å². The van der Waals surface area contributed by atoms with Gasteiger partial charge in [0.15, 0.2) is 5.82 Å². The maximum atomic E-state index is 5.99. The fourth-order valence-corrected chi connectivity index (χ4v) is 2.20. The van der Waals surface area contributed by atoms with Crippen molar-refractivity contribution in [3.05, 3.63) is 11.5 Å². The van der Waals surface area contributed by atoms with Crippen LogP contribution >= 0.6 is 0 Å². The number of hydrogen-bond acceptors (Lipinski definition) is 6. The Morgan fingerprint density at radius 1 is 1.36 bits per heavy atom. The van der Waals surface area contributed by atoms with Crippen LogP contribution in [-0.2, 0) is 4.74 Å². The van der Waals surface area contributed by atoms with Crippen LogP contribution < -0.4 is 22.1 Å². The number of unbranched alkanes of at least 4 members (excludes halogenated alkanes) is 1. The average molecular weight is 310 g/mol. The quantitative estimate of drug-likeness (QED) is 0.267. The third kappa shape index (κ3) is 6.91. The molecular formula is C15H30N6O. The number of hydrogen-bond donors (Lipinski definition) is 4. The lowest BCUT2D eigenvalue weighted by atomic mass is 9.98. The van der Waals surface area contributed by atoms with Crippen molar-refractivity contribution in [2.24, 2.45) is 27.4 Å². The fourth-order valence-electron chi connectivity index (χ4n) is 2.20. The Morgan fingerprint density at radius 2 is 2.09 bits per heavy atom. The first kappa shape index (κ1) is 18.4. The summed E-state index contributed by atoms with van der Waals surface area (Å²) in [5.74, 6) is 1.34. The Morgan fingerprint density at radius 3 is 2.73 bits per heavy atom. The molecule has 7 nitrogen and oxygen atoms in total. The Balaban J connectivity index is 2.46. The molecule has 6 N–H and O–H groups in total. The van der Waals surface area contributed by atoms with Crippen LogP contribution in [-0.4, -0.2) is 45.5 Å². The highest BCUT2D eigenvalue weighted by Crippen LogP contribution is 2.11. The lowest BCUT2D eigenvalue weighted by molar-refractivity contribution is 0.139. The topological polar surface area (TPSA) is 110 Å². The summed E-state index contributed by atoms with van der Waals surface area (Å²) in [4.78, 5) is 8.04. The van der Waals surface area contributed by atoms with Gasteiger partial charge in [0.1, 0.15) is 18.3 Å². The van der Waals surface area contributed by atoms with E-state index in [4.69, 9.17) is 16.2 Å². The van der Waals surface area contributed by atoms with Gasteiger partial charge in [0.2, 0.25) is 0 Å². The van der Waals surface area contributed by atoms with Crippen molar-refractivity contribution >= 4 is 12.6 Å². The Labute approximate surface area is 133 Å². The van der Waals surface area contributed by atoms with E-state index < -0.39 is 0 Å². The number of nitrogens with zero attached hydrogens (tertiary/aromatic N) is 2. The highest BCUT2D eigenvalue weighted by atomic mass is 16.5. The second-order valence-electron chi connectivity index (χ2n) is 5.43. The zero-order valence-corrected chi connectivity index (χ0v) is 13.6. The molecule has 0 aromatic carbocycles. The van der Waals surface area contributed by atoms with Gasteiger partial charge in [0, 0.05) is 13.2 Å². The summed E-state index contributed by atoms with van der Waals surface area (Å²) in [7, 11) is 0. The van der Waals surface area contributed by atoms with Crippen molar-refractivity contribution in [2.45, 2.75) is 32.6 Å². The van der Waals surface area contributed by atoms with Crippen LogP contribution in [0.25, 0.3) is 0 Å². The third-order valence-electron chi connectivity index (χ3n) is 3.67. The largest absolute Gasteiger partial charge is 0.393 e. The molecule has 0 aliphatic carbocycles. The van der Waals surface area contributed by atoms with Gasteiger partial charge in [-0.05, 0) is 45.0 Å². The van der Waals surface area contributed by atoms with Crippen molar-refractivity contribution in [1.82, 2.24) is 10.6 Å². The lowest BCUT2D eigenvalue weighted by Gasteiger charge is -2.23. The van der Waals surface area contributed by atoms with Crippen LogP contribution in [0.15, 0.2) is 21.5 Å². The second-order valence-corrected chi connectivity index (χ2v) is 5.43. The van der Waals surface area contributed by atoms with Crippen LogP contribution in [0, 0.1) is 5.92 Å². The van der Waals surface area contributed by atoms with E-state index >= 15 is 0 Å². The van der Waals surface area contributed by atoms with E-state index in [0.717, 1.165) is 45.3 Å². The minimum Gasteiger partial charge on any atom is -0.393 e. The number of nitrogens with one attached hydrogen (secondary N) is 2. The van der Waals surface area contributed by atoms with E-state index in [1.807, 2.05) is 0 Å². The van der Waals surface area contributed by atoms with E-state index in [1.54, 1.807) is 0 Å². The van der Waals surface area contributed by atoms with E-state index in [1.165, 1.54) is 0 Å². The molecule has 1 saturated heterocycles. The molecule has 0 radical (unpaired) electrons. The molecule has 0 saturated carbocycles. The van der Waals surface area contributed by atoms with Gasteiger partial charge in [-0.25, -0.2) is 9.98 Å². The minimum absolute atomic E-state index is 0.214. The van der Waals surface area contributed by atoms with Gasteiger partial charge in [-0.1, -0.05) is 13.3 Å². The Bertz CT molecular complexity index is 387. The molecule has 1 aliphatic rings. The van der Waals surface area contributed by atoms with E-state index in [0.29, 0.717) is 24.0 Å². The minimum atomic E-state index is 0.214. The molecular weight excluding hydrogens is 280 g/mol. The fraction of sp³-hybridized carbons (Fsp3) is 0.733. The summed E-state index contributed by atoms with van der Waals surface area (Å²) in [6, 6.07) is 0. The zero-order valence-electron chi connectivity index (χ0n) is 13.6. The number of rotatable bonds is 10. The molecule has 0 aromatic rings. The molecule has 0 amide bonds. The van der Waals surface area contributed by atoms with Gasteiger partial charge >= 0.3 is 0 Å². The van der Waals surface area contributed by atoms with Gasteiger partial charge in [-0.3, -0.25) is 0 Å². The van der Waals surface area contributed by atoms with Crippen LogP contribution in [0.5, 0.6) is 0 Å². The summed E-state index contributed by atoms with van der Waals surface area (Å²) < 4.78 is 5.34. The standard InChI is InChI=1S/C15H30N6O/c1-3-4-9-22-11-21-14(17)13(16)15(18-2)20-10-12-5-7-19-8-6-12/h12,19-20H,2-11,16H2,1H3,(H2,17,21)/b15-13-. The van der Waals surface area contributed by atoms with Crippen LogP contribution in [0.3, 0.4) is 0 Å². The first-order valence-electron chi connectivity index (χ1n) is 7.98. The predicted octanol–water partition coefficient (Wildman–Crippen LogP) is 0.535. The van der Waals surface area contributed by atoms with Crippen molar-refractivity contribution in [3.8, 4) is 0 Å². The molecule has 1 heterocycles. The summed E-state index contributed by atoms with van der Waals surface area (Å²) >= 11 is 0.